The van der Waals surface area contributed by atoms with Crippen LogP contribution in [-0.4, -0.2) is 65.7 Å². The average molecular weight is 560 g/mol. The van der Waals surface area contributed by atoms with Crippen LogP contribution in [0.15, 0.2) is 17.0 Å². The van der Waals surface area contributed by atoms with Crippen molar-refractivity contribution in [2.45, 2.75) is 69.0 Å². The van der Waals surface area contributed by atoms with Gasteiger partial charge >= 0.3 is 0 Å². The molecule has 200 valence electrons. The molecule has 2 aromatic heterocycles. The first-order valence-electron chi connectivity index (χ1n) is 11.6. The number of hydrogen-bond donors (Lipinski definition) is 2. The predicted octanol–water partition coefficient (Wildman–Crippen LogP) is 3.66. The summed E-state index contributed by atoms with van der Waals surface area (Å²) < 4.78 is 83.3. The average Bonchev–Trinajstić information content (AvgIpc) is 3.32. The summed E-state index contributed by atoms with van der Waals surface area (Å²) in [7, 11) is -4.02. The van der Waals surface area contributed by atoms with Gasteiger partial charge in [0.25, 0.3) is 12.9 Å². The molecule has 2 aliphatic rings. The monoisotopic (exact) mass is 559 g/mol. The van der Waals surface area contributed by atoms with E-state index in [9.17, 15) is 26.0 Å². The third-order valence-electron chi connectivity index (χ3n) is 6.44. The third kappa shape index (κ3) is 5.26. The number of hydrogen-bond acceptors (Lipinski definition) is 9. The Hall–Kier alpha value is -2.49. The maximum absolute atomic E-state index is 13.7. The van der Waals surface area contributed by atoms with Crippen LogP contribution < -0.4 is 14.9 Å². The molecule has 1 saturated heterocycles. The number of benzene rings is 1. The van der Waals surface area contributed by atoms with Crippen molar-refractivity contribution in [3.8, 4) is 10.7 Å². The van der Waals surface area contributed by atoms with E-state index < -0.39 is 39.5 Å². The molecular weight excluding hydrogens is 534 g/mol. The van der Waals surface area contributed by atoms with E-state index in [4.69, 9.17) is 0 Å². The maximum atomic E-state index is 13.7. The SMILES string of the molecule is Cc1nc(-c2nnc(C(F)F)s2)c2cc(S(=O)(=O)NC3(C)CC3)cc(N3C[C@H](C)N[C@@H](C(F)F)C3)c2n1. The Bertz CT molecular complexity index is 1450. The van der Waals surface area contributed by atoms with E-state index in [0.29, 0.717) is 41.9 Å². The number of halogens is 4. The van der Waals surface area contributed by atoms with Crippen molar-refractivity contribution >= 4 is 38.0 Å². The van der Waals surface area contributed by atoms with Crippen molar-refractivity contribution in [3.05, 3.63) is 23.0 Å². The molecule has 3 aromatic rings. The third-order valence-corrected chi connectivity index (χ3v) is 9.00. The summed E-state index contributed by atoms with van der Waals surface area (Å²) in [5.74, 6) is 0.283. The fourth-order valence-electron chi connectivity index (χ4n) is 4.41. The number of aryl methyl sites for hydroxylation is 1. The molecule has 0 unspecified atom stereocenters. The number of rotatable bonds is 7. The number of piperazine rings is 1. The Labute approximate surface area is 214 Å². The number of alkyl halides is 4. The molecule has 2 atom stereocenters. The summed E-state index contributed by atoms with van der Waals surface area (Å²) >= 11 is 0.647. The predicted molar refractivity (Wildman–Crippen MR) is 131 cm³/mol. The zero-order valence-corrected chi connectivity index (χ0v) is 21.8. The lowest BCUT2D eigenvalue weighted by Crippen LogP contribution is -2.58. The molecule has 2 N–H and O–H groups in total. The second-order valence-electron chi connectivity index (χ2n) is 9.78. The Morgan fingerprint density at radius 3 is 2.51 bits per heavy atom. The van der Waals surface area contributed by atoms with Gasteiger partial charge in [-0.1, -0.05) is 11.3 Å². The summed E-state index contributed by atoms with van der Waals surface area (Å²) in [5.41, 5.74) is 0.241. The molecule has 37 heavy (non-hydrogen) atoms. The van der Waals surface area contributed by atoms with Gasteiger partial charge in [0.1, 0.15) is 11.5 Å². The zero-order valence-electron chi connectivity index (χ0n) is 20.2. The van der Waals surface area contributed by atoms with E-state index in [1.54, 1.807) is 25.7 Å². The van der Waals surface area contributed by atoms with E-state index in [1.807, 2.05) is 0 Å². The van der Waals surface area contributed by atoms with Crippen LogP contribution in [0.4, 0.5) is 23.2 Å². The van der Waals surface area contributed by atoms with Crippen LogP contribution in [0.1, 0.15) is 43.9 Å². The van der Waals surface area contributed by atoms with Gasteiger partial charge < -0.3 is 10.2 Å². The Kier molecular flexibility index (Phi) is 6.61. The molecule has 1 saturated carbocycles. The Morgan fingerprint density at radius 1 is 1.16 bits per heavy atom. The lowest BCUT2D eigenvalue weighted by molar-refractivity contribution is 0.0884. The summed E-state index contributed by atoms with van der Waals surface area (Å²) in [5, 5.41) is 10.1. The highest BCUT2D eigenvalue weighted by Gasteiger charge is 2.42. The summed E-state index contributed by atoms with van der Waals surface area (Å²) in [6.45, 7) is 5.39. The van der Waals surface area contributed by atoms with E-state index in [-0.39, 0.29) is 39.4 Å². The van der Waals surface area contributed by atoms with Gasteiger partial charge in [0.2, 0.25) is 10.0 Å². The van der Waals surface area contributed by atoms with Crippen molar-refractivity contribution in [2.75, 3.05) is 18.0 Å². The molecule has 3 heterocycles. The number of sulfonamides is 1. The van der Waals surface area contributed by atoms with E-state index in [0.717, 1.165) is 0 Å². The smallest absolute Gasteiger partial charge is 0.291 e. The second kappa shape index (κ2) is 9.36. The summed E-state index contributed by atoms with van der Waals surface area (Å²) in [4.78, 5) is 10.5. The quantitative estimate of drug-likeness (QED) is 0.422. The first-order valence-corrected chi connectivity index (χ1v) is 13.9. The summed E-state index contributed by atoms with van der Waals surface area (Å²) in [6, 6.07) is 1.35. The van der Waals surface area contributed by atoms with Gasteiger partial charge in [-0.15, -0.1) is 10.2 Å². The summed E-state index contributed by atoms with van der Waals surface area (Å²) in [6.07, 6.45) is -4.09. The molecule has 0 amide bonds. The van der Waals surface area contributed by atoms with Gasteiger partial charge in [-0.3, -0.25) is 0 Å². The van der Waals surface area contributed by atoms with Crippen LogP contribution in [0.5, 0.6) is 0 Å². The normalized spacial score (nSPS) is 21.8. The molecule has 0 spiro atoms. The van der Waals surface area contributed by atoms with Gasteiger partial charge in [-0.05, 0) is 45.7 Å². The molecule has 1 aromatic carbocycles. The molecule has 9 nitrogen and oxygen atoms in total. The Balaban J connectivity index is 1.73. The minimum absolute atomic E-state index is 0.0764. The Morgan fingerprint density at radius 2 is 1.89 bits per heavy atom. The van der Waals surface area contributed by atoms with Gasteiger partial charge in [0.05, 0.1) is 22.1 Å². The first kappa shape index (κ1) is 26.1. The maximum Gasteiger partial charge on any atom is 0.291 e. The number of anilines is 1. The van der Waals surface area contributed by atoms with E-state index in [1.165, 1.54) is 12.1 Å². The van der Waals surface area contributed by atoms with E-state index in [2.05, 4.69) is 30.2 Å². The van der Waals surface area contributed by atoms with E-state index >= 15 is 0 Å². The standard InChI is InChI=1S/C22H25F4N7O2S2/c1-10-8-33(9-14(27-10)18(23)24)15-7-12(37(34,35)32-22(3)4-5-22)6-13-16(15)28-11(2)29-17(13)20-30-31-21(36-20)19(25)26/h6-7,10,14,18-19,27,32H,4-5,8-9H2,1-3H3/t10-,14+/m0/s1. The second-order valence-corrected chi connectivity index (χ2v) is 12.5. The van der Waals surface area contributed by atoms with Gasteiger partial charge in [-0.2, -0.15) is 0 Å². The molecular formula is C22H25F4N7O2S2. The van der Waals surface area contributed by atoms with Crippen molar-refractivity contribution in [2.24, 2.45) is 0 Å². The molecule has 5 rings (SSSR count). The highest BCUT2D eigenvalue weighted by Crippen LogP contribution is 2.40. The van der Waals surface area contributed by atoms with Crippen molar-refractivity contribution < 1.29 is 26.0 Å². The highest BCUT2D eigenvalue weighted by molar-refractivity contribution is 7.89. The lowest BCUT2D eigenvalue weighted by Gasteiger charge is -2.39. The fourth-order valence-corrected chi connectivity index (χ4v) is 6.63. The number of nitrogens with one attached hydrogen (secondary N) is 2. The molecule has 1 aliphatic carbocycles. The number of fused-ring (bicyclic) bond motifs is 1. The van der Waals surface area contributed by atoms with Crippen LogP contribution in [0.25, 0.3) is 21.6 Å². The largest absolute Gasteiger partial charge is 0.366 e. The molecule has 0 radical (unpaired) electrons. The van der Waals surface area contributed by atoms with Crippen LogP contribution in [-0.2, 0) is 10.0 Å². The lowest BCUT2D eigenvalue weighted by atomic mass is 10.1. The van der Waals surface area contributed by atoms with Crippen molar-refractivity contribution in [1.82, 2.24) is 30.2 Å². The molecule has 2 fully saturated rings. The van der Waals surface area contributed by atoms with Crippen LogP contribution in [0, 0.1) is 6.92 Å². The molecule has 0 bridgehead atoms. The fraction of sp³-hybridized carbons (Fsp3) is 0.545. The minimum atomic E-state index is -4.02. The van der Waals surface area contributed by atoms with Crippen molar-refractivity contribution in [1.29, 1.82) is 0 Å². The van der Waals surface area contributed by atoms with Gasteiger partial charge in [0, 0.05) is 30.1 Å². The first-order chi connectivity index (χ1) is 17.3. The van der Waals surface area contributed by atoms with Crippen molar-refractivity contribution in [3.63, 3.8) is 0 Å². The molecule has 15 heteroatoms. The van der Waals surface area contributed by atoms with Crippen LogP contribution in [0.3, 0.4) is 0 Å². The van der Waals surface area contributed by atoms with Gasteiger partial charge in [0.15, 0.2) is 10.0 Å². The highest BCUT2D eigenvalue weighted by atomic mass is 32.2. The number of aromatic nitrogens is 4. The van der Waals surface area contributed by atoms with Crippen LogP contribution in [0.2, 0.25) is 0 Å². The molecule has 1 aliphatic heterocycles. The van der Waals surface area contributed by atoms with Crippen LogP contribution >= 0.6 is 11.3 Å². The van der Waals surface area contributed by atoms with Gasteiger partial charge in [-0.25, -0.2) is 40.7 Å². The topological polar surface area (TPSA) is 113 Å². The minimum Gasteiger partial charge on any atom is -0.366 e. The number of nitrogens with zero attached hydrogens (tertiary/aromatic N) is 5. The zero-order chi connectivity index (χ0) is 26.7.